The maximum atomic E-state index is 10.9. The van der Waals surface area contributed by atoms with E-state index in [2.05, 4.69) is 21.2 Å². The summed E-state index contributed by atoms with van der Waals surface area (Å²) < 4.78 is 6.25. The lowest BCUT2D eigenvalue weighted by Gasteiger charge is -2.23. The van der Waals surface area contributed by atoms with Crippen LogP contribution in [-0.4, -0.2) is 24.1 Å². The summed E-state index contributed by atoms with van der Waals surface area (Å²) in [5.41, 5.74) is 0.000171. The number of benzene rings is 1. The average Bonchev–Trinajstić information content (AvgIpc) is 2.38. The molecular weight excluding hydrogens is 300 g/mol. The number of nitro benzene ring substituents is 1. The highest BCUT2D eigenvalue weighted by molar-refractivity contribution is 9.10. The molecule has 1 unspecified atom stereocenters. The Labute approximate surface area is 114 Å². The molecule has 1 N–H and O–H groups in total. The van der Waals surface area contributed by atoms with E-state index in [4.69, 9.17) is 4.74 Å². The third-order valence-corrected chi connectivity index (χ3v) is 3.46. The largest absolute Gasteiger partial charge is 0.485 e. The van der Waals surface area contributed by atoms with E-state index in [1.54, 1.807) is 12.1 Å². The van der Waals surface area contributed by atoms with Crippen LogP contribution in [0.3, 0.4) is 0 Å². The number of nitrogens with one attached hydrogen (secondary N) is 1. The van der Waals surface area contributed by atoms with Crippen LogP contribution >= 0.6 is 15.9 Å². The lowest BCUT2D eigenvalue weighted by Crippen LogP contribution is -2.38. The van der Waals surface area contributed by atoms with Crippen LogP contribution in [0.5, 0.6) is 5.75 Å². The number of rotatable bonds is 4. The van der Waals surface area contributed by atoms with Gasteiger partial charge in [0.1, 0.15) is 6.61 Å². The molecule has 1 saturated heterocycles. The molecule has 0 aliphatic carbocycles. The van der Waals surface area contributed by atoms with Gasteiger partial charge in [0.2, 0.25) is 0 Å². The zero-order chi connectivity index (χ0) is 13.0. The lowest BCUT2D eigenvalue weighted by molar-refractivity contribution is -0.386. The molecule has 0 amide bonds. The lowest BCUT2D eigenvalue weighted by atomic mass is 10.1. The van der Waals surface area contributed by atoms with Gasteiger partial charge in [0.05, 0.1) is 4.92 Å². The van der Waals surface area contributed by atoms with Crippen LogP contribution in [-0.2, 0) is 0 Å². The number of halogens is 1. The molecule has 98 valence electrons. The van der Waals surface area contributed by atoms with Crippen LogP contribution in [0.15, 0.2) is 22.7 Å². The Kier molecular flexibility index (Phi) is 4.54. The SMILES string of the molecule is O=[N+]([O-])c1cc(Br)ccc1OCC1CCCCN1. The average molecular weight is 315 g/mol. The van der Waals surface area contributed by atoms with Gasteiger partial charge in [-0.2, -0.15) is 0 Å². The van der Waals surface area contributed by atoms with Crippen molar-refractivity contribution in [2.45, 2.75) is 25.3 Å². The van der Waals surface area contributed by atoms with Gasteiger partial charge >= 0.3 is 5.69 Å². The highest BCUT2D eigenvalue weighted by Gasteiger charge is 2.18. The first-order valence-electron chi connectivity index (χ1n) is 5.97. The molecule has 6 heteroatoms. The highest BCUT2D eigenvalue weighted by atomic mass is 79.9. The van der Waals surface area contributed by atoms with E-state index in [-0.39, 0.29) is 5.69 Å². The zero-order valence-electron chi connectivity index (χ0n) is 9.89. The van der Waals surface area contributed by atoms with E-state index in [0.29, 0.717) is 22.9 Å². The van der Waals surface area contributed by atoms with Crippen LogP contribution in [0.1, 0.15) is 19.3 Å². The topological polar surface area (TPSA) is 64.4 Å². The molecule has 1 aliphatic rings. The summed E-state index contributed by atoms with van der Waals surface area (Å²) in [6, 6.07) is 5.13. The van der Waals surface area contributed by atoms with E-state index in [1.165, 1.54) is 18.9 Å². The monoisotopic (exact) mass is 314 g/mol. The molecule has 1 aromatic rings. The Morgan fingerprint density at radius 2 is 2.33 bits per heavy atom. The van der Waals surface area contributed by atoms with Crippen molar-refractivity contribution in [2.24, 2.45) is 0 Å². The van der Waals surface area contributed by atoms with Crippen molar-refractivity contribution >= 4 is 21.6 Å². The molecule has 0 bridgehead atoms. The Morgan fingerprint density at radius 1 is 1.50 bits per heavy atom. The molecule has 1 heterocycles. The maximum absolute atomic E-state index is 10.9. The van der Waals surface area contributed by atoms with Crippen LogP contribution in [0.2, 0.25) is 0 Å². The van der Waals surface area contributed by atoms with Gasteiger partial charge < -0.3 is 10.1 Å². The normalized spacial score (nSPS) is 19.5. The number of piperidine rings is 1. The van der Waals surface area contributed by atoms with Gasteiger partial charge in [-0.3, -0.25) is 10.1 Å². The van der Waals surface area contributed by atoms with Crippen molar-refractivity contribution in [3.8, 4) is 5.75 Å². The van der Waals surface area contributed by atoms with Crippen molar-refractivity contribution in [1.29, 1.82) is 0 Å². The first kappa shape index (κ1) is 13.3. The van der Waals surface area contributed by atoms with Crippen molar-refractivity contribution in [3.05, 3.63) is 32.8 Å². The molecule has 1 atom stereocenters. The summed E-state index contributed by atoms with van der Waals surface area (Å²) in [5, 5.41) is 14.3. The highest BCUT2D eigenvalue weighted by Crippen LogP contribution is 2.30. The first-order chi connectivity index (χ1) is 8.66. The number of nitro groups is 1. The van der Waals surface area contributed by atoms with E-state index >= 15 is 0 Å². The maximum Gasteiger partial charge on any atom is 0.312 e. The summed E-state index contributed by atoms with van der Waals surface area (Å²) in [5.74, 6) is 0.329. The minimum absolute atomic E-state index is 0.000171. The number of ether oxygens (including phenoxy) is 1. The molecule has 2 rings (SSSR count). The molecular formula is C12H15BrN2O3. The number of hydrogen-bond acceptors (Lipinski definition) is 4. The Morgan fingerprint density at radius 3 is 3.00 bits per heavy atom. The Bertz CT molecular complexity index is 433. The molecule has 0 aromatic heterocycles. The molecule has 18 heavy (non-hydrogen) atoms. The predicted octanol–water partition coefficient (Wildman–Crippen LogP) is 2.88. The molecule has 1 aliphatic heterocycles. The third-order valence-electron chi connectivity index (χ3n) is 2.97. The van der Waals surface area contributed by atoms with E-state index in [0.717, 1.165) is 13.0 Å². The predicted molar refractivity (Wildman–Crippen MR) is 71.9 cm³/mol. The Balaban J connectivity index is 2.01. The first-order valence-corrected chi connectivity index (χ1v) is 6.76. The molecule has 1 aromatic carbocycles. The molecule has 0 saturated carbocycles. The zero-order valence-corrected chi connectivity index (χ0v) is 11.5. The molecule has 0 radical (unpaired) electrons. The smallest absolute Gasteiger partial charge is 0.312 e. The van der Waals surface area contributed by atoms with Gasteiger partial charge in [-0.15, -0.1) is 0 Å². The third kappa shape index (κ3) is 3.43. The standard InChI is InChI=1S/C12H15BrN2O3/c13-9-4-5-12(11(7-9)15(16)17)18-8-10-3-1-2-6-14-10/h4-5,7,10,14H,1-3,6,8H2. The molecule has 5 nitrogen and oxygen atoms in total. The molecule has 1 fully saturated rings. The van der Waals surface area contributed by atoms with E-state index in [9.17, 15) is 10.1 Å². The fourth-order valence-electron chi connectivity index (χ4n) is 2.01. The van der Waals surface area contributed by atoms with Gasteiger partial charge in [0, 0.05) is 16.6 Å². The fraction of sp³-hybridized carbons (Fsp3) is 0.500. The van der Waals surface area contributed by atoms with Crippen LogP contribution in [0.25, 0.3) is 0 Å². The van der Waals surface area contributed by atoms with Crippen molar-refractivity contribution in [1.82, 2.24) is 5.32 Å². The van der Waals surface area contributed by atoms with Crippen LogP contribution < -0.4 is 10.1 Å². The van der Waals surface area contributed by atoms with Crippen molar-refractivity contribution < 1.29 is 9.66 Å². The van der Waals surface area contributed by atoms with Gasteiger partial charge in [-0.1, -0.05) is 22.4 Å². The van der Waals surface area contributed by atoms with Crippen molar-refractivity contribution in [2.75, 3.05) is 13.2 Å². The number of hydrogen-bond donors (Lipinski definition) is 1. The second kappa shape index (κ2) is 6.15. The summed E-state index contributed by atoms with van der Waals surface area (Å²) >= 11 is 3.22. The quantitative estimate of drug-likeness (QED) is 0.685. The van der Waals surface area contributed by atoms with Crippen LogP contribution in [0.4, 0.5) is 5.69 Å². The van der Waals surface area contributed by atoms with Gasteiger partial charge in [0.25, 0.3) is 0 Å². The fourth-order valence-corrected chi connectivity index (χ4v) is 2.36. The second-order valence-corrected chi connectivity index (χ2v) is 5.24. The van der Waals surface area contributed by atoms with E-state index in [1.807, 2.05) is 0 Å². The summed E-state index contributed by atoms with van der Waals surface area (Å²) in [6.45, 7) is 1.47. The summed E-state index contributed by atoms with van der Waals surface area (Å²) in [7, 11) is 0. The van der Waals surface area contributed by atoms with Crippen LogP contribution in [0, 0.1) is 10.1 Å². The van der Waals surface area contributed by atoms with Gasteiger partial charge in [-0.05, 0) is 31.5 Å². The minimum Gasteiger partial charge on any atom is -0.485 e. The second-order valence-electron chi connectivity index (χ2n) is 4.33. The number of nitrogens with zero attached hydrogens (tertiary/aromatic N) is 1. The minimum atomic E-state index is -0.422. The van der Waals surface area contributed by atoms with E-state index < -0.39 is 4.92 Å². The summed E-state index contributed by atoms with van der Waals surface area (Å²) in [6.07, 6.45) is 3.43. The summed E-state index contributed by atoms with van der Waals surface area (Å²) in [4.78, 5) is 10.5. The van der Waals surface area contributed by atoms with Gasteiger partial charge in [0.15, 0.2) is 5.75 Å². The molecule has 0 spiro atoms. The van der Waals surface area contributed by atoms with Gasteiger partial charge in [-0.25, -0.2) is 0 Å². The Hall–Kier alpha value is -1.14. The van der Waals surface area contributed by atoms with Crippen molar-refractivity contribution in [3.63, 3.8) is 0 Å².